The highest BCUT2D eigenvalue weighted by Gasteiger charge is 2.42. The molecule has 2 aromatic carbocycles. The maximum absolute atomic E-state index is 13.5. The summed E-state index contributed by atoms with van der Waals surface area (Å²) in [7, 11) is -1.96. The zero-order chi connectivity index (χ0) is 21.6. The predicted molar refractivity (Wildman–Crippen MR) is 116 cm³/mol. The summed E-state index contributed by atoms with van der Waals surface area (Å²) >= 11 is 0. The first-order chi connectivity index (χ1) is 14.9. The third kappa shape index (κ3) is 3.79. The van der Waals surface area contributed by atoms with Crippen LogP contribution in [0.25, 0.3) is 0 Å². The fourth-order valence-corrected chi connectivity index (χ4v) is 6.28. The summed E-state index contributed by atoms with van der Waals surface area (Å²) in [6.45, 7) is 0.677. The van der Waals surface area contributed by atoms with Crippen molar-refractivity contribution in [1.29, 1.82) is 0 Å². The van der Waals surface area contributed by atoms with Gasteiger partial charge in [0.1, 0.15) is 5.82 Å². The van der Waals surface area contributed by atoms with Crippen LogP contribution in [0.3, 0.4) is 0 Å². The van der Waals surface area contributed by atoms with Gasteiger partial charge >= 0.3 is 0 Å². The maximum Gasteiger partial charge on any atom is 0.262 e. The van der Waals surface area contributed by atoms with Gasteiger partial charge in [-0.05, 0) is 41.7 Å². The minimum Gasteiger partial charge on any atom is -0.339 e. The predicted octanol–water partition coefficient (Wildman–Crippen LogP) is 2.99. The Labute approximate surface area is 181 Å². The molecule has 0 saturated carbocycles. The standard InChI is InChI=1S/C23H25FN4O2S/c1-27-14-23(25-15-27)31(29,30)28-12-20(17-6-9-18(24)10-7-17)22(13-28)26-21-11-8-16-4-2-3-5-19(16)21/h2-7,9-10,14-15,20-22,26H,8,11-13H2,1H3/t20-,21-,22+/m1/s1. The van der Waals surface area contributed by atoms with E-state index in [2.05, 4.69) is 28.5 Å². The summed E-state index contributed by atoms with van der Waals surface area (Å²) in [5.74, 6) is -0.374. The molecule has 2 heterocycles. The summed E-state index contributed by atoms with van der Waals surface area (Å²) in [5, 5.41) is 3.79. The Balaban J connectivity index is 1.45. The van der Waals surface area contributed by atoms with Crippen molar-refractivity contribution in [2.75, 3.05) is 13.1 Å². The second kappa shape index (κ2) is 7.85. The van der Waals surface area contributed by atoms with E-state index in [1.807, 2.05) is 6.07 Å². The molecule has 8 heteroatoms. The fourth-order valence-electron chi connectivity index (χ4n) is 4.82. The highest BCUT2D eigenvalue weighted by molar-refractivity contribution is 7.89. The Morgan fingerprint density at radius 2 is 1.87 bits per heavy atom. The number of fused-ring (bicyclic) bond motifs is 1. The number of aromatic nitrogens is 2. The van der Waals surface area contributed by atoms with Gasteiger partial charge in [0, 0.05) is 44.3 Å². The first-order valence-corrected chi connectivity index (χ1v) is 11.9. The lowest BCUT2D eigenvalue weighted by atomic mass is 9.93. The van der Waals surface area contributed by atoms with E-state index in [-0.39, 0.29) is 28.8 Å². The van der Waals surface area contributed by atoms with Crippen LogP contribution >= 0.6 is 0 Å². The van der Waals surface area contributed by atoms with E-state index in [0.29, 0.717) is 13.1 Å². The second-order valence-electron chi connectivity index (χ2n) is 8.42. The molecular formula is C23H25FN4O2S. The molecule has 0 bridgehead atoms. The number of rotatable bonds is 5. The van der Waals surface area contributed by atoms with Crippen LogP contribution < -0.4 is 5.32 Å². The van der Waals surface area contributed by atoms with E-state index in [9.17, 15) is 12.8 Å². The van der Waals surface area contributed by atoms with E-state index < -0.39 is 10.0 Å². The van der Waals surface area contributed by atoms with E-state index >= 15 is 0 Å². The molecule has 31 heavy (non-hydrogen) atoms. The molecular weight excluding hydrogens is 415 g/mol. The van der Waals surface area contributed by atoms with Crippen LogP contribution in [0, 0.1) is 5.82 Å². The Morgan fingerprint density at radius 1 is 1.10 bits per heavy atom. The van der Waals surface area contributed by atoms with Gasteiger partial charge in [-0.3, -0.25) is 0 Å². The number of hydrogen-bond donors (Lipinski definition) is 1. The van der Waals surface area contributed by atoms with Crippen molar-refractivity contribution in [2.45, 2.75) is 35.9 Å². The van der Waals surface area contributed by atoms with Gasteiger partial charge in [-0.2, -0.15) is 4.31 Å². The molecule has 162 valence electrons. The first kappa shape index (κ1) is 20.4. The topological polar surface area (TPSA) is 67.2 Å². The molecule has 3 aromatic rings. The minimum atomic E-state index is -3.71. The van der Waals surface area contributed by atoms with Gasteiger partial charge in [0.2, 0.25) is 0 Å². The molecule has 1 aliphatic heterocycles. The molecule has 0 amide bonds. The van der Waals surface area contributed by atoms with Crippen molar-refractivity contribution < 1.29 is 12.8 Å². The number of aryl methyl sites for hydroxylation is 2. The van der Waals surface area contributed by atoms with Gasteiger partial charge in [-0.25, -0.2) is 17.8 Å². The van der Waals surface area contributed by atoms with Crippen LogP contribution in [-0.2, 0) is 23.5 Å². The molecule has 1 saturated heterocycles. The highest BCUT2D eigenvalue weighted by Crippen LogP contribution is 2.36. The van der Waals surface area contributed by atoms with Crippen LogP contribution in [0.15, 0.2) is 66.1 Å². The third-order valence-electron chi connectivity index (χ3n) is 6.42. The number of sulfonamides is 1. The smallest absolute Gasteiger partial charge is 0.262 e. The van der Waals surface area contributed by atoms with Gasteiger partial charge in [-0.1, -0.05) is 36.4 Å². The molecule has 1 aromatic heterocycles. The summed E-state index contributed by atoms with van der Waals surface area (Å²) in [6, 6.07) is 14.9. The lowest BCUT2D eigenvalue weighted by molar-refractivity contribution is 0.412. The molecule has 0 spiro atoms. The Hall–Kier alpha value is -2.55. The maximum atomic E-state index is 13.5. The number of nitrogens with zero attached hydrogens (tertiary/aromatic N) is 3. The first-order valence-electron chi connectivity index (χ1n) is 10.5. The van der Waals surface area contributed by atoms with E-state index in [4.69, 9.17) is 0 Å². The van der Waals surface area contributed by atoms with Crippen LogP contribution in [0.2, 0.25) is 0 Å². The summed E-state index contributed by atoms with van der Waals surface area (Å²) in [5.41, 5.74) is 3.56. The van der Waals surface area contributed by atoms with E-state index in [1.54, 1.807) is 23.7 Å². The van der Waals surface area contributed by atoms with Gasteiger partial charge in [-0.15, -0.1) is 0 Å². The molecule has 6 nitrogen and oxygen atoms in total. The van der Waals surface area contributed by atoms with Crippen molar-refractivity contribution in [3.63, 3.8) is 0 Å². The van der Waals surface area contributed by atoms with Crippen molar-refractivity contribution >= 4 is 10.0 Å². The van der Waals surface area contributed by atoms with Crippen LogP contribution in [0.4, 0.5) is 4.39 Å². The average Bonchev–Trinajstić information content (AvgIpc) is 3.48. The van der Waals surface area contributed by atoms with Gasteiger partial charge in [0.15, 0.2) is 5.03 Å². The van der Waals surface area contributed by atoms with Crippen molar-refractivity contribution in [3.05, 3.63) is 83.6 Å². The lowest BCUT2D eigenvalue weighted by Crippen LogP contribution is -2.38. The largest absolute Gasteiger partial charge is 0.339 e. The summed E-state index contributed by atoms with van der Waals surface area (Å²) in [4.78, 5) is 4.06. The zero-order valence-corrected chi connectivity index (χ0v) is 18.1. The Kier molecular flexibility index (Phi) is 5.16. The van der Waals surface area contributed by atoms with Gasteiger partial charge < -0.3 is 9.88 Å². The molecule has 1 aliphatic carbocycles. The molecule has 5 rings (SSSR count). The number of hydrogen-bond acceptors (Lipinski definition) is 4. The van der Waals surface area contributed by atoms with E-state index in [1.165, 1.54) is 40.1 Å². The third-order valence-corrected chi connectivity index (χ3v) is 8.14. The molecule has 3 atom stereocenters. The zero-order valence-electron chi connectivity index (χ0n) is 17.3. The number of imidazole rings is 1. The summed E-state index contributed by atoms with van der Waals surface area (Å²) < 4.78 is 43.1. The summed E-state index contributed by atoms with van der Waals surface area (Å²) in [6.07, 6.45) is 5.01. The normalized spacial score (nSPS) is 23.9. The number of halogens is 1. The van der Waals surface area contributed by atoms with Crippen LogP contribution in [-0.4, -0.2) is 41.4 Å². The monoisotopic (exact) mass is 440 g/mol. The number of nitrogens with one attached hydrogen (secondary N) is 1. The fraction of sp³-hybridized carbons (Fsp3) is 0.348. The van der Waals surface area contributed by atoms with Crippen LogP contribution in [0.5, 0.6) is 0 Å². The second-order valence-corrected chi connectivity index (χ2v) is 10.3. The Bertz CT molecular complexity index is 1190. The van der Waals surface area contributed by atoms with Crippen molar-refractivity contribution in [2.24, 2.45) is 7.05 Å². The molecule has 1 N–H and O–H groups in total. The van der Waals surface area contributed by atoms with Crippen molar-refractivity contribution in [3.8, 4) is 0 Å². The highest BCUT2D eigenvalue weighted by atomic mass is 32.2. The van der Waals surface area contributed by atoms with Gasteiger partial charge in [0.05, 0.1) is 6.33 Å². The number of benzene rings is 2. The molecule has 2 aliphatic rings. The van der Waals surface area contributed by atoms with Gasteiger partial charge in [0.25, 0.3) is 10.0 Å². The Morgan fingerprint density at radius 3 is 2.61 bits per heavy atom. The average molecular weight is 441 g/mol. The van der Waals surface area contributed by atoms with E-state index in [0.717, 1.165) is 18.4 Å². The molecule has 0 unspecified atom stereocenters. The molecule has 1 fully saturated rings. The lowest BCUT2D eigenvalue weighted by Gasteiger charge is -2.25. The molecule has 0 radical (unpaired) electrons. The quantitative estimate of drug-likeness (QED) is 0.662. The van der Waals surface area contributed by atoms with Crippen molar-refractivity contribution in [1.82, 2.24) is 19.2 Å². The SMILES string of the molecule is Cn1cnc(S(=O)(=O)N2C[C@H](N[C@@H]3CCc4ccccc43)[C@@H](c3ccc(F)cc3)C2)c1. The van der Waals surface area contributed by atoms with Crippen LogP contribution in [0.1, 0.15) is 35.1 Å². The minimum absolute atomic E-state index is 0.0553.